The van der Waals surface area contributed by atoms with Crippen LogP contribution in [0.25, 0.3) is 0 Å². The molecule has 1 aliphatic carbocycles. The number of fused-ring (bicyclic) bond motifs is 1. The van der Waals surface area contributed by atoms with Crippen LogP contribution in [-0.2, 0) is 13.1 Å². The van der Waals surface area contributed by atoms with Crippen molar-refractivity contribution in [2.75, 3.05) is 0 Å². The molecule has 16 heavy (non-hydrogen) atoms. The van der Waals surface area contributed by atoms with Crippen molar-refractivity contribution in [2.24, 2.45) is 0 Å². The summed E-state index contributed by atoms with van der Waals surface area (Å²) in [4.78, 5) is 11.7. The van der Waals surface area contributed by atoms with Gasteiger partial charge in [0.15, 0.2) is 0 Å². The fourth-order valence-corrected chi connectivity index (χ4v) is 2.18. The van der Waals surface area contributed by atoms with Gasteiger partial charge in [0.25, 0.3) is 0 Å². The molecule has 0 unspecified atom stereocenters. The third kappa shape index (κ3) is 1.73. The lowest BCUT2D eigenvalue weighted by atomic mass is 10.1. The van der Waals surface area contributed by atoms with Gasteiger partial charge in [-0.15, -0.1) is 0 Å². The molecule has 1 aromatic heterocycles. The summed E-state index contributed by atoms with van der Waals surface area (Å²) in [5, 5.41) is 0. The van der Waals surface area contributed by atoms with Crippen molar-refractivity contribution in [3.05, 3.63) is 23.3 Å². The highest BCUT2D eigenvalue weighted by atomic mass is 15.2. The third-order valence-electron chi connectivity index (χ3n) is 3.57. The molecule has 3 heteroatoms. The van der Waals surface area contributed by atoms with E-state index < -0.39 is 0 Å². The van der Waals surface area contributed by atoms with E-state index in [2.05, 4.69) is 30.7 Å². The Balaban J connectivity index is 1.86. The molecule has 0 radical (unpaired) electrons. The zero-order valence-corrected chi connectivity index (χ0v) is 10.3. The van der Waals surface area contributed by atoms with Crippen molar-refractivity contribution in [1.82, 2.24) is 14.9 Å². The molecule has 0 spiro atoms. The fourth-order valence-electron chi connectivity index (χ4n) is 2.18. The highest BCUT2D eigenvalue weighted by molar-refractivity contribution is 5.24. The minimum Gasteiger partial charge on any atom is -0.288 e. The van der Waals surface area contributed by atoms with Crippen molar-refractivity contribution < 1.29 is 0 Å². The molecule has 2 aliphatic rings. The molecule has 1 aromatic rings. The van der Waals surface area contributed by atoms with Gasteiger partial charge in [0, 0.05) is 36.3 Å². The first-order valence-corrected chi connectivity index (χ1v) is 6.14. The Hall–Kier alpha value is -0.960. The molecule has 0 saturated heterocycles. The number of hydrogen-bond acceptors (Lipinski definition) is 3. The molecular formula is C13H19N3. The summed E-state index contributed by atoms with van der Waals surface area (Å²) in [6.45, 7) is 8.77. The van der Waals surface area contributed by atoms with Crippen LogP contribution in [0.2, 0.25) is 0 Å². The SMILES string of the molecule is CC(C)(C)N1Cc2cnc(C3CC3)nc2C1. The van der Waals surface area contributed by atoms with E-state index in [1.165, 1.54) is 24.1 Å². The second-order valence-electron chi connectivity index (χ2n) is 6.00. The summed E-state index contributed by atoms with van der Waals surface area (Å²) >= 11 is 0. The van der Waals surface area contributed by atoms with Gasteiger partial charge in [0.1, 0.15) is 5.82 Å². The Kier molecular flexibility index (Phi) is 2.08. The Morgan fingerprint density at radius 3 is 2.62 bits per heavy atom. The molecule has 0 atom stereocenters. The number of hydrogen-bond donors (Lipinski definition) is 0. The van der Waals surface area contributed by atoms with Gasteiger partial charge in [-0.2, -0.15) is 0 Å². The molecule has 3 rings (SSSR count). The largest absolute Gasteiger partial charge is 0.288 e. The van der Waals surface area contributed by atoms with Crippen LogP contribution in [0, 0.1) is 0 Å². The van der Waals surface area contributed by atoms with Gasteiger partial charge in [-0.1, -0.05) is 0 Å². The average Bonchev–Trinajstić information content (AvgIpc) is 2.95. The Bertz CT molecular complexity index is 416. The van der Waals surface area contributed by atoms with E-state index >= 15 is 0 Å². The molecule has 1 aliphatic heterocycles. The summed E-state index contributed by atoms with van der Waals surface area (Å²) in [6, 6.07) is 0. The third-order valence-corrected chi connectivity index (χ3v) is 3.57. The van der Waals surface area contributed by atoms with Crippen LogP contribution in [-0.4, -0.2) is 20.4 Å². The van der Waals surface area contributed by atoms with Crippen molar-refractivity contribution in [3.63, 3.8) is 0 Å². The van der Waals surface area contributed by atoms with Crippen LogP contribution in [0.3, 0.4) is 0 Å². The van der Waals surface area contributed by atoms with Gasteiger partial charge < -0.3 is 0 Å². The summed E-state index contributed by atoms with van der Waals surface area (Å²) in [7, 11) is 0. The summed E-state index contributed by atoms with van der Waals surface area (Å²) in [5.41, 5.74) is 2.80. The Morgan fingerprint density at radius 2 is 2.00 bits per heavy atom. The highest BCUT2D eigenvalue weighted by Gasteiger charge is 2.32. The number of rotatable bonds is 1. The maximum atomic E-state index is 4.73. The fraction of sp³-hybridized carbons (Fsp3) is 0.692. The van der Waals surface area contributed by atoms with Crippen LogP contribution in [0.1, 0.15) is 56.6 Å². The molecule has 0 N–H and O–H groups in total. The molecular weight excluding hydrogens is 198 g/mol. The van der Waals surface area contributed by atoms with Crippen molar-refractivity contribution in [2.45, 2.75) is 58.2 Å². The normalized spacial score (nSPS) is 21.2. The van der Waals surface area contributed by atoms with E-state index in [1.807, 2.05) is 6.20 Å². The van der Waals surface area contributed by atoms with Crippen LogP contribution in [0.5, 0.6) is 0 Å². The van der Waals surface area contributed by atoms with E-state index in [1.54, 1.807) is 0 Å². The van der Waals surface area contributed by atoms with Crippen LogP contribution in [0.15, 0.2) is 6.20 Å². The maximum Gasteiger partial charge on any atom is 0.131 e. The molecule has 3 nitrogen and oxygen atoms in total. The predicted octanol–water partition coefficient (Wildman–Crippen LogP) is 2.47. The van der Waals surface area contributed by atoms with E-state index in [-0.39, 0.29) is 5.54 Å². The topological polar surface area (TPSA) is 29.0 Å². The Morgan fingerprint density at radius 1 is 1.25 bits per heavy atom. The lowest BCUT2D eigenvalue weighted by Gasteiger charge is -2.30. The van der Waals surface area contributed by atoms with Crippen molar-refractivity contribution in [1.29, 1.82) is 0 Å². The predicted molar refractivity (Wildman–Crippen MR) is 63.0 cm³/mol. The minimum absolute atomic E-state index is 0.223. The van der Waals surface area contributed by atoms with E-state index in [0.717, 1.165) is 18.9 Å². The first-order chi connectivity index (χ1) is 7.54. The van der Waals surface area contributed by atoms with Crippen LogP contribution < -0.4 is 0 Å². The summed E-state index contributed by atoms with van der Waals surface area (Å²) in [6.07, 6.45) is 4.60. The van der Waals surface area contributed by atoms with Crippen molar-refractivity contribution in [3.8, 4) is 0 Å². The number of aromatic nitrogens is 2. The van der Waals surface area contributed by atoms with Gasteiger partial charge >= 0.3 is 0 Å². The lowest BCUT2D eigenvalue weighted by Crippen LogP contribution is -2.36. The summed E-state index contributed by atoms with van der Waals surface area (Å²) < 4.78 is 0. The van der Waals surface area contributed by atoms with E-state index in [9.17, 15) is 0 Å². The van der Waals surface area contributed by atoms with Crippen molar-refractivity contribution >= 4 is 0 Å². The van der Waals surface area contributed by atoms with Gasteiger partial charge in [-0.25, -0.2) is 9.97 Å². The summed E-state index contributed by atoms with van der Waals surface area (Å²) in [5.74, 6) is 1.74. The monoisotopic (exact) mass is 217 g/mol. The molecule has 1 fully saturated rings. The first kappa shape index (κ1) is 10.2. The average molecular weight is 217 g/mol. The van der Waals surface area contributed by atoms with Gasteiger partial charge in [0.05, 0.1) is 5.69 Å². The molecule has 0 bridgehead atoms. The van der Waals surface area contributed by atoms with Gasteiger partial charge in [-0.3, -0.25) is 4.90 Å². The number of nitrogens with zero attached hydrogens (tertiary/aromatic N) is 3. The second kappa shape index (κ2) is 3.27. The van der Waals surface area contributed by atoms with E-state index in [4.69, 9.17) is 4.98 Å². The highest BCUT2D eigenvalue weighted by Crippen LogP contribution is 2.38. The zero-order valence-electron chi connectivity index (χ0n) is 10.3. The first-order valence-electron chi connectivity index (χ1n) is 6.14. The minimum atomic E-state index is 0.223. The van der Waals surface area contributed by atoms with Gasteiger partial charge in [0.2, 0.25) is 0 Å². The molecule has 1 saturated carbocycles. The molecule has 0 amide bonds. The molecule has 2 heterocycles. The van der Waals surface area contributed by atoms with Gasteiger partial charge in [-0.05, 0) is 33.6 Å². The molecule has 86 valence electrons. The quantitative estimate of drug-likeness (QED) is 0.723. The second-order valence-corrected chi connectivity index (χ2v) is 6.00. The smallest absolute Gasteiger partial charge is 0.131 e. The molecule has 0 aromatic carbocycles. The zero-order chi connectivity index (χ0) is 11.3. The Labute approximate surface area is 96.9 Å². The standard InChI is InChI=1S/C13H19N3/c1-13(2,3)16-7-10-6-14-12(9-4-5-9)15-11(10)8-16/h6,9H,4-5,7-8H2,1-3H3. The van der Waals surface area contributed by atoms with E-state index in [0.29, 0.717) is 5.92 Å². The van der Waals surface area contributed by atoms with Crippen LogP contribution >= 0.6 is 0 Å². The van der Waals surface area contributed by atoms with Crippen LogP contribution in [0.4, 0.5) is 0 Å². The lowest BCUT2D eigenvalue weighted by molar-refractivity contribution is 0.135. The maximum absolute atomic E-state index is 4.73.